The van der Waals surface area contributed by atoms with Gasteiger partial charge in [-0.25, -0.2) is 0 Å². The first-order chi connectivity index (χ1) is 7.74. The van der Waals surface area contributed by atoms with E-state index in [4.69, 9.17) is 9.47 Å². The van der Waals surface area contributed by atoms with Gasteiger partial charge in [-0.05, 0) is 53.1 Å². The van der Waals surface area contributed by atoms with Crippen LogP contribution in [0.3, 0.4) is 0 Å². The lowest BCUT2D eigenvalue weighted by Crippen LogP contribution is -2.36. The van der Waals surface area contributed by atoms with Crippen LogP contribution in [0.25, 0.3) is 0 Å². The highest BCUT2D eigenvalue weighted by molar-refractivity contribution is 9.10. The van der Waals surface area contributed by atoms with Crippen molar-refractivity contribution in [3.8, 4) is 11.5 Å². The Morgan fingerprint density at radius 2 is 1.75 bits per heavy atom. The average molecular weight is 286 g/mol. The molecule has 2 rings (SSSR count). The maximum Gasteiger partial charge on any atom is 0.137 e. The van der Waals surface area contributed by atoms with Crippen molar-refractivity contribution in [2.24, 2.45) is 0 Å². The third-order valence-electron chi connectivity index (χ3n) is 2.86. The summed E-state index contributed by atoms with van der Waals surface area (Å²) in [6.07, 6.45) is 1.31. The fourth-order valence-electron chi connectivity index (χ4n) is 1.81. The van der Waals surface area contributed by atoms with Crippen molar-refractivity contribution in [2.75, 3.05) is 27.3 Å². The van der Waals surface area contributed by atoms with Crippen LogP contribution in [-0.4, -0.2) is 32.2 Å². The number of ether oxygens (including phenoxy) is 2. The van der Waals surface area contributed by atoms with Gasteiger partial charge in [-0.2, -0.15) is 0 Å². The van der Waals surface area contributed by atoms with Crippen LogP contribution in [0.1, 0.15) is 12.0 Å². The topological polar surface area (TPSA) is 21.7 Å². The first-order valence-corrected chi connectivity index (χ1v) is 6.16. The minimum Gasteiger partial charge on any atom is -0.495 e. The van der Waals surface area contributed by atoms with Gasteiger partial charge in [0.25, 0.3) is 0 Å². The van der Waals surface area contributed by atoms with E-state index >= 15 is 0 Å². The molecule has 0 amide bonds. The lowest BCUT2D eigenvalue weighted by Gasteiger charge is -2.30. The zero-order valence-electron chi connectivity index (χ0n) is 9.62. The molecule has 1 aromatic carbocycles. The Morgan fingerprint density at radius 1 is 1.19 bits per heavy atom. The SMILES string of the molecule is COc1cc(CN2CCC2)cc(OC)c1Br. The summed E-state index contributed by atoms with van der Waals surface area (Å²) < 4.78 is 11.5. The summed E-state index contributed by atoms with van der Waals surface area (Å²) in [4.78, 5) is 2.40. The maximum absolute atomic E-state index is 5.32. The minimum absolute atomic E-state index is 0.829. The molecule has 1 aliphatic rings. The maximum atomic E-state index is 5.32. The molecule has 88 valence electrons. The van der Waals surface area contributed by atoms with Crippen LogP contribution < -0.4 is 9.47 Å². The molecule has 0 saturated carbocycles. The molecule has 0 bridgehead atoms. The van der Waals surface area contributed by atoms with Gasteiger partial charge in [-0.3, -0.25) is 4.90 Å². The Balaban J connectivity index is 2.23. The Labute approximate surface area is 104 Å². The van der Waals surface area contributed by atoms with Crippen LogP contribution in [-0.2, 0) is 6.54 Å². The summed E-state index contributed by atoms with van der Waals surface area (Å²) in [7, 11) is 3.35. The zero-order valence-corrected chi connectivity index (χ0v) is 11.2. The smallest absolute Gasteiger partial charge is 0.137 e. The van der Waals surface area contributed by atoms with Gasteiger partial charge in [-0.15, -0.1) is 0 Å². The van der Waals surface area contributed by atoms with Gasteiger partial charge in [0.1, 0.15) is 16.0 Å². The van der Waals surface area contributed by atoms with Crippen molar-refractivity contribution >= 4 is 15.9 Å². The predicted octanol–water partition coefficient (Wildman–Crippen LogP) is 2.67. The Kier molecular flexibility index (Phi) is 3.71. The van der Waals surface area contributed by atoms with Crippen molar-refractivity contribution in [1.29, 1.82) is 0 Å². The van der Waals surface area contributed by atoms with Crippen LogP contribution in [0.15, 0.2) is 16.6 Å². The third kappa shape index (κ3) is 2.33. The Morgan fingerprint density at radius 3 is 2.12 bits per heavy atom. The van der Waals surface area contributed by atoms with Crippen molar-refractivity contribution in [3.05, 3.63) is 22.2 Å². The molecular weight excluding hydrogens is 270 g/mol. The number of hydrogen-bond acceptors (Lipinski definition) is 3. The molecule has 0 N–H and O–H groups in total. The van der Waals surface area contributed by atoms with Crippen LogP contribution in [0.5, 0.6) is 11.5 Å². The number of benzene rings is 1. The van der Waals surface area contributed by atoms with Crippen LogP contribution in [0.4, 0.5) is 0 Å². The fraction of sp³-hybridized carbons (Fsp3) is 0.500. The molecule has 0 aromatic heterocycles. The van der Waals surface area contributed by atoms with Gasteiger partial charge in [0.2, 0.25) is 0 Å². The monoisotopic (exact) mass is 285 g/mol. The highest BCUT2D eigenvalue weighted by Crippen LogP contribution is 2.36. The van der Waals surface area contributed by atoms with Crippen molar-refractivity contribution < 1.29 is 9.47 Å². The fourth-order valence-corrected chi connectivity index (χ4v) is 2.37. The number of methoxy groups -OCH3 is 2. The predicted molar refractivity (Wildman–Crippen MR) is 67.1 cm³/mol. The number of rotatable bonds is 4. The summed E-state index contributed by atoms with van der Waals surface area (Å²) in [5.41, 5.74) is 1.23. The summed E-state index contributed by atoms with van der Waals surface area (Å²) >= 11 is 3.47. The molecule has 1 fully saturated rings. The highest BCUT2D eigenvalue weighted by Gasteiger charge is 2.16. The summed E-state index contributed by atoms with van der Waals surface area (Å²) in [5.74, 6) is 1.66. The second-order valence-electron chi connectivity index (χ2n) is 3.94. The molecule has 1 heterocycles. The molecule has 0 aliphatic carbocycles. The van der Waals surface area contributed by atoms with Crippen molar-refractivity contribution in [1.82, 2.24) is 4.90 Å². The normalized spacial score (nSPS) is 15.7. The Bertz CT molecular complexity index is 352. The van der Waals surface area contributed by atoms with Crippen LogP contribution in [0.2, 0.25) is 0 Å². The summed E-state index contributed by atoms with van der Waals surface area (Å²) in [6, 6.07) is 4.12. The van der Waals surface area contributed by atoms with E-state index in [2.05, 4.69) is 33.0 Å². The first-order valence-electron chi connectivity index (χ1n) is 5.37. The number of likely N-dealkylation sites (tertiary alicyclic amines) is 1. The molecule has 0 atom stereocenters. The molecule has 16 heavy (non-hydrogen) atoms. The number of hydrogen-bond donors (Lipinski definition) is 0. The summed E-state index contributed by atoms with van der Waals surface area (Å²) in [6.45, 7) is 3.36. The van der Waals surface area contributed by atoms with E-state index in [-0.39, 0.29) is 0 Å². The molecule has 1 aliphatic heterocycles. The molecule has 0 radical (unpaired) electrons. The Hall–Kier alpha value is -0.740. The van der Waals surface area contributed by atoms with Gasteiger partial charge in [0, 0.05) is 6.54 Å². The minimum atomic E-state index is 0.829. The van der Waals surface area contributed by atoms with E-state index in [1.807, 2.05) is 0 Å². The average Bonchev–Trinajstić information content (AvgIpc) is 2.25. The van der Waals surface area contributed by atoms with E-state index in [1.165, 1.54) is 25.1 Å². The largest absolute Gasteiger partial charge is 0.495 e. The molecule has 3 nitrogen and oxygen atoms in total. The standard InChI is InChI=1S/C12H16BrNO2/c1-15-10-6-9(8-14-4-3-5-14)7-11(16-2)12(10)13/h6-7H,3-5,8H2,1-2H3. The molecule has 1 saturated heterocycles. The van der Waals surface area contributed by atoms with Gasteiger partial charge in [0.05, 0.1) is 14.2 Å². The molecule has 4 heteroatoms. The van der Waals surface area contributed by atoms with Crippen LogP contribution >= 0.6 is 15.9 Å². The lowest BCUT2D eigenvalue weighted by atomic mass is 10.1. The van der Waals surface area contributed by atoms with E-state index in [0.29, 0.717) is 0 Å². The van der Waals surface area contributed by atoms with E-state index in [1.54, 1.807) is 14.2 Å². The summed E-state index contributed by atoms with van der Waals surface area (Å²) in [5, 5.41) is 0. The van der Waals surface area contributed by atoms with Gasteiger partial charge in [0.15, 0.2) is 0 Å². The van der Waals surface area contributed by atoms with Crippen molar-refractivity contribution in [3.63, 3.8) is 0 Å². The van der Waals surface area contributed by atoms with Crippen LogP contribution in [0, 0.1) is 0 Å². The van der Waals surface area contributed by atoms with Gasteiger partial charge < -0.3 is 9.47 Å². The van der Waals surface area contributed by atoms with E-state index in [0.717, 1.165) is 22.5 Å². The quantitative estimate of drug-likeness (QED) is 0.849. The highest BCUT2D eigenvalue weighted by atomic mass is 79.9. The second kappa shape index (κ2) is 5.06. The number of halogens is 1. The lowest BCUT2D eigenvalue weighted by molar-refractivity contribution is 0.172. The second-order valence-corrected chi connectivity index (χ2v) is 4.74. The van der Waals surface area contributed by atoms with E-state index in [9.17, 15) is 0 Å². The first kappa shape index (κ1) is 11.7. The zero-order chi connectivity index (χ0) is 11.5. The van der Waals surface area contributed by atoms with Gasteiger partial charge in [-0.1, -0.05) is 0 Å². The molecule has 0 spiro atoms. The molecular formula is C12H16BrNO2. The third-order valence-corrected chi connectivity index (χ3v) is 3.64. The van der Waals surface area contributed by atoms with E-state index < -0.39 is 0 Å². The van der Waals surface area contributed by atoms with Gasteiger partial charge >= 0.3 is 0 Å². The number of nitrogens with zero attached hydrogens (tertiary/aromatic N) is 1. The van der Waals surface area contributed by atoms with Crippen molar-refractivity contribution in [2.45, 2.75) is 13.0 Å². The molecule has 1 aromatic rings. The molecule has 0 unspecified atom stereocenters.